The van der Waals surface area contributed by atoms with Gasteiger partial charge >= 0.3 is 12.1 Å². The van der Waals surface area contributed by atoms with E-state index in [0.717, 1.165) is 19.3 Å². The molecular weight excluding hydrogens is 452 g/mol. The maximum Gasteiger partial charge on any atom is 0.408 e. The van der Waals surface area contributed by atoms with Gasteiger partial charge in [0.05, 0.1) is 18.1 Å². The molecule has 2 aliphatic rings. The SMILES string of the molecule is CC(C)(C)OC(=O)N[C@@H](CCCCC/C=C\C1(C)C[C@@H]1C(=O)O)C(=O)C1C[C@H](O)C[C@@H](C(N)=O)C1. The number of carbonyl (C=O) groups is 4. The summed E-state index contributed by atoms with van der Waals surface area (Å²) in [6, 6.07) is -0.772. The van der Waals surface area contributed by atoms with Gasteiger partial charge in [-0.1, -0.05) is 31.9 Å². The molecule has 0 bridgehead atoms. The zero-order chi connectivity index (χ0) is 26.4. The van der Waals surface area contributed by atoms with Crippen LogP contribution in [-0.2, 0) is 19.1 Å². The number of carbonyl (C=O) groups excluding carboxylic acids is 3. The number of ether oxygens (including phenoxy) is 1. The van der Waals surface area contributed by atoms with Gasteiger partial charge in [-0.3, -0.25) is 14.4 Å². The fraction of sp³-hybridized carbons (Fsp3) is 0.769. The average Bonchev–Trinajstić information content (AvgIpc) is 3.41. The number of aliphatic hydroxyl groups excluding tert-OH is 1. The van der Waals surface area contributed by atoms with Gasteiger partial charge in [-0.2, -0.15) is 0 Å². The van der Waals surface area contributed by atoms with Gasteiger partial charge in [0.1, 0.15) is 5.60 Å². The highest BCUT2D eigenvalue weighted by Crippen LogP contribution is 2.53. The number of nitrogens with two attached hydrogens (primary N) is 1. The number of unbranched alkanes of at least 4 members (excludes halogenated alkanes) is 3. The standard InChI is InChI=1S/C26H42N2O7/c1-25(2,3)35-24(34)28-20(21(30)16-12-17(22(27)31)14-18(29)13-16)10-8-6-5-7-9-11-26(4)15-19(26)23(32)33/h9,11,16-20,29H,5-8,10,12-15H2,1-4H3,(H2,27,31)(H,28,34)(H,32,33)/b11-9-/t16?,17-,18-,19+,20-,26?/m0/s1. The summed E-state index contributed by atoms with van der Waals surface area (Å²) in [7, 11) is 0. The number of rotatable bonds is 12. The van der Waals surface area contributed by atoms with Gasteiger partial charge < -0.3 is 26.0 Å². The molecule has 2 aliphatic carbocycles. The molecule has 9 nitrogen and oxygen atoms in total. The molecule has 198 valence electrons. The first-order valence-electron chi connectivity index (χ1n) is 12.6. The van der Waals surface area contributed by atoms with Gasteiger partial charge in [0.25, 0.3) is 0 Å². The van der Waals surface area contributed by atoms with Crippen LogP contribution in [0.2, 0.25) is 0 Å². The van der Waals surface area contributed by atoms with E-state index in [2.05, 4.69) is 5.32 Å². The van der Waals surface area contributed by atoms with Crippen molar-refractivity contribution in [2.75, 3.05) is 0 Å². The predicted molar refractivity (Wildman–Crippen MR) is 130 cm³/mol. The van der Waals surface area contributed by atoms with Crippen LogP contribution in [0.4, 0.5) is 4.79 Å². The number of Topliss-reactive ketones (excluding diaryl/α,β-unsaturated/α-hetero) is 1. The fourth-order valence-electron chi connectivity index (χ4n) is 4.85. The molecule has 2 rings (SSSR count). The van der Waals surface area contributed by atoms with Crippen LogP contribution in [0.3, 0.4) is 0 Å². The van der Waals surface area contributed by atoms with E-state index in [1.165, 1.54) is 0 Å². The summed E-state index contributed by atoms with van der Waals surface area (Å²) in [5.74, 6) is -2.89. The molecule has 0 heterocycles. The topological polar surface area (TPSA) is 156 Å². The Hall–Kier alpha value is -2.42. The molecule has 2 unspecified atom stereocenters. The van der Waals surface area contributed by atoms with E-state index in [9.17, 15) is 24.3 Å². The minimum atomic E-state index is -0.779. The molecule has 0 aliphatic heterocycles. The number of amides is 2. The van der Waals surface area contributed by atoms with Gasteiger partial charge in [0.15, 0.2) is 5.78 Å². The molecule has 0 aromatic rings. The van der Waals surface area contributed by atoms with Gasteiger partial charge in [0, 0.05) is 11.8 Å². The Morgan fingerprint density at radius 3 is 2.34 bits per heavy atom. The first-order valence-corrected chi connectivity index (χ1v) is 12.6. The summed E-state index contributed by atoms with van der Waals surface area (Å²) in [6.07, 6.45) is 7.66. The molecule has 9 heteroatoms. The highest BCUT2D eigenvalue weighted by atomic mass is 16.6. The molecule has 2 fully saturated rings. The number of ketones is 1. The van der Waals surface area contributed by atoms with Crippen LogP contribution in [0.25, 0.3) is 0 Å². The quantitative estimate of drug-likeness (QED) is 0.239. The van der Waals surface area contributed by atoms with Crippen LogP contribution in [-0.4, -0.2) is 51.7 Å². The van der Waals surface area contributed by atoms with Crippen LogP contribution >= 0.6 is 0 Å². The second-order valence-corrected chi connectivity index (χ2v) is 11.4. The van der Waals surface area contributed by atoms with Gasteiger partial charge in [-0.05, 0) is 71.1 Å². The maximum absolute atomic E-state index is 13.3. The van der Waals surface area contributed by atoms with Crippen molar-refractivity contribution in [3.8, 4) is 0 Å². The summed E-state index contributed by atoms with van der Waals surface area (Å²) in [5.41, 5.74) is 4.47. The zero-order valence-corrected chi connectivity index (χ0v) is 21.4. The minimum absolute atomic E-state index is 0.206. The van der Waals surface area contributed by atoms with E-state index in [1.54, 1.807) is 20.8 Å². The molecule has 2 saturated carbocycles. The number of carboxylic acid groups (broad SMARTS) is 1. The van der Waals surface area contributed by atoms with Crippen molar-refractivity contribution in [1.82, 2.24) is 5.32 Å². The van der Waals surface area contributed by atoms with Crippen LogP contribution in [0, 0.1) is 23.2 Å². The number of allylic oxidation sites excluding steroid dienone is 2. The molecule has 0 spiro atoms. The highest BCUT2D eigenvalue weighted by Gasteiger charge is 2.52. The minimum Gasteiger partial charge on any atom is -0.481 e. The normalized spacial score (nSPS) is 29.4. The van der Waals surface area contributed by atoms with Crippen LogP contribution in [0.5, 0.6) is 0 Å². The summed E-state index contributed by atoms with van der Waals surface area (Å²) in [6.45, 7) is 7.18. The van der Waals surface area contributed by atoms with Crippen LogP contribution < -0.4 is 11.1 Å². The Bertz CT molecular complexity index is 819. The third-order valence-corrected chi connectivity index (χ3v) is 6.96. The molecular formula is C26H42N2O7. The Morgan fingerprint density at radius 1 is 1.11 bits per heavy atom. The number of alkyl carbamates (subject to hydrolysis) is 1. The number of primary amides is 1. The molecule has 5 N–H and O–H groups in total. The van der Waals surface area contributed by atoms with Crippen LogP contribution in [0.1, 0.15) is 85.5 Å². The largest absolute Gasteiger partial charge is 0.481 e. The number of aliphatic carboxylic acids is 1. The summed E-state index contributed by atoms with van der Waals surface area (Å²) in [5, 5.41) is 22.0. The van der Waals surface area contributed by atoms with Gasteiger partial charge in [-0.15, -0.1) is 0 Å². The second kappa shape index (κ2) is 12.0. The summed E-state index contributed by atoms with van der Waals surface area (Å²) >= 11 is 0. The monoisotopic (exact) mass is 494 g/mol. The summed E-state index contributed by atoms with van der Waals surface area (Å²) in [4.78, 5) is 48.4. The highest BCUT2D eigenvalue weighted by molar-refractivity contribution is 5.90. The summed E-state index contributed by atoms with van der Waals surface area (Å²) < 4.78 is 5.33. The third kappa shape index (κ3) is 9.28. The molecule has 0 aromatic heterocycles. The van der Waals surface area contributed by atoms with Gasteiger partial charge in [0.2, 0.25) is 5.91 Å². The van der Waals surface area contributed by atoms with Gasteiger partial charge in [-0.25, -0.2) is 4.79 Å². The third-order valence-electron chi connectivity index (χ3n) is 6.96. The molecule has 6 atom stereocenters. The predicted octanol–water partition coefficient (Wildman–Crippen LogP) is 3.33. The Labute approximate surface area is 207 Å². The first kappa shape index (κ1) is 28.8. The number of hydrogen-bond donors (Lipinski definition) is 4. The smallest absolute Gasteiger partial charge is 0.408 e. The van der Waals surface area contributed by atoms with Crippen molar-refractivity contribution >= 4 is 23.8 Å². The van der Waals surface area contributed by atoms with E-state index < -0.39 is 47.6 Å². The Kier molecular flexibility index (Phi) is 9.89. The van der Waals surface area contributed by atoms with Crippen molar-refractivity contribution in [3.63, 3.8) is 0 Å². The fourth-order valence-corrected chi connectivity index (χ4v) is 4.85. The van der Waals surface area contributed by atoms with E-state index in [1.807, 2.05) is 19.1 Å². The lowest BCUT2D eigenvalue weighted by atomic mass is 9.75. The molecule has 0 aromatic carbocycles. The van der Waals surface area contributed by atoms with E-state index in [4.69, 9.17) is 15.6 Å². The molecule has 0 saturated heterocycles. The average molecular weight is 495 g/mol. The molecule has 35 heavy (non-hydrogen) atoms. The Balaban J connectivity index is 1.89. The first-order chi connectivity index (χ1) is 16.2. The molecule has 0 radical (unpaired) electrons. The van der Waals surface area contributed by atoms with E-state index in [-0.39, 0.29) is 36.4 Å². The number of hydrogen-bond acceptors (Lipinski definition) is 6. The van der Waals surface area contributed by atoms with Crippen molar-refractivity contribution in [3.05, 3.63) is 12.2 Å². The number of nitrogens with one attached hydrogen (secondary N) is 1. The van der Waals surface area contributed by atoms with E-state index in [0.29, 0.717) is 19.3 Å². The Morgan fingerprint density at radius 2 is 1.77 bits per heavy atom. The zero-order valence-electron chi connectivity index (χ0n) is 21.4. The number of aliphatic hydroxyl groups is 1. The lowest BCUT2D eigenvalue weighted by molar-refractivity contribution is -0.139. The van der Waals surface area contributed by atoms with E-state index >= 15 is 0 Å². The maximum atomic E-state index is 13.3. The lowest BCUT2D eigenvalue weighted by Crippen LogP contribution is -2.48. The van der Waals surface area contributed by atoms with Crippen molar-refractivity contribution in [1.29, 1.82) is 0 Å². The van der Waals surface area contributed by atoms with Crippen molar-refractivity contribution < 1.29 is 34.1 Å². The second-order valence-electron chi connectivity index (χ2n) is 11.4. The lowest BCUT2D eigenvalue weighted by Gasteiger charge is -2.32. The van der Waals surface area contributed by atoms with Crippen molar-refractivity contribution in [2.45, 2.75) is 103 Å². The number of carboxylic acids is 1. The molecule has 2 amide bonds. The van der Waals surface area contributed by atoms with Crippen molar-refractivity contribution in [2.24, 2.45) is 28.9 Å². The van der Waals surface area contributed by atoms with Crippen LogP contribution in [0.15, 0.2) is 12.2 Å².